The topological polar surface area (TPSA) is 39.7 Å². The molecule has 21 heavy (non-hydrogen) atoms. The molecule has 0 bridgehead atoms. The van der Waals surface area contributed by atoms with E-state index in [1.54, 1.807) is 14.2 Å². The van der Waals surface area contributed by atoms with Crippen LogP contribution in [0.25, 0.3) is 0 Å². The molecule has 2 rings (SSSR count). The quantitative estimate of drug-likeness (QED) is 0.798. The highest BCUT2D eigenvalue weighted by Crippen LogP contribution is 2.42. The first-order chi connectivity index (χ1) is 10.2. The normalized spacial score (nSPS) is 17.9. The molecule has 118 valence electrons. The summed E-state index contributed by atoms with van der Waals surface area (Å²) in [6.45, 7) is 3.06. The summed E-state index contributed by atoms with van der Waals surface area (Å²) in [6.07, 6.45) is 4.56. The molecule has 1 saturated carbocycles. The Hall–Kier alpha value is -1.26. The van der Waals surface area contributed by atoms with E-state index >= 15 is 0 Å². The second-order valence-electron chi connectivity index (χ2n) is 5.67. The zero-order valence-corrected chi connectivity index (χ0v) is 13.6. The van der Waals surface area contributed by atoms with Gasteiger partial charge < -0.3 is 19.5 Å². The van der Waals surface area contributed by atoms with Crippen LogP contribution in [0.2, 0.25) is 0 Å². The van der Waals surface area contributed by atoms with E-state index in [2.05, 4.69) is 24.4 Å². The fourth-order valence-electron chi connectivity index (χ4n) is 3.06. The summed E-state index contributed by atoms with van der Waals surface area (Å²) in [7, 11) is 5.16. The first-order valence-corrected chi connectivity index (χ1v) is 7.68. The van der Waals surface area contributed by atoms with Crippen LogP contribution in [0.1, 0.15) is 44.2 Å². The van der Waals surface area contributed by atoms with Gasteiger partial charge in [0.25, 0.3) is 0 Å². The highest BCUT2D eigenvalue weighted by atomic mass is 16.5. The minimum atomic E-state index is 0.0417. The molecule has 1 atom stereocenters. The molecule has 1 fully saturated rings. The molecule has 1 aliphatic carbocycles. The van der Waals surface area contributed by atoms with Crippen molar-refractivity contribution >= 4 is 0 Å². The summed E-state index contributed by atoms with van der Waals surface area (Å²) in [6, 6.07) is 6.42. The summed E-state index contributed by atoms with van der Waals surface area (Å²) in [5.74, 6) is 1.54. The zero-order valence-electron chi connectivity index (χ0n) is 13.6. The van der Waals surface area contributed by atoms with Gasteiger partial charge in [-0.2, -0.15) is 0 Å². The van der Waals surface area contributed by atoms with Crippen molar-refractivity contribution in [2.75, 3.05) is 27.9 Å². The second-order valence-corrected chi connectivity index (χ2v) is 5.67. The molecule has 0 aliphatic heterocycles. The van der Waals surface area contributed by atoms with Crippen molar-refractivity contribution in [1.82, 2.24) is 5.32 Å². The lowest BCUT2D eigenvalue weighted by Crippen LogP contribution is -2.42. The summed E-state index contributed by atoms with van der Waals surface area (Å²) in [5, 5.41) is 3.57. The molecule has 0 aromatic heterocycles. The van der Waals surface area contributed by atoms with Crippen LogP contribution in [-0.4, -0.2) is 33.5 Å². The van der Waals surface area contributed by atoms with Crippen molar-refractivity contribution in [1.29, 1.82) is 0 Å². The van der Waals surface area contributed by atoms with Gasteiger partial charge in [0.2, 0.25) is 0 Å². The van der Waals surface area contributed by atoms with Crippen LogP contribution in [0.5, 0.6) is 11.5 Å². The number of benzene rings is 1. The van der Waals surface area contributed by atoms with E-state index in [0.29, 0.717) is 0 Å². The third-order valence-electron chi connectivity index (χ3n) is 4.53. The van der Waals surface area contributed by atoms with Crippen molar-refractivity contribution < 1.29 is 14.2 Å². The Bertz CT molecular complexity index is 452. The molecular formula is C17H27NO3. The van der Waals surface area contributed by atoms with Crippen molar-refractivity contribution in [2.24, 2.45) is 0 Å². The monoisotopic (exact) mass is 293 g/mol. The van der Waals surface area contributed by atoms with E-state index in [1.165, 1.54) is 12.0 Å². The lowest BCUT2D eigenvalue weighted by Gasteiger charge is -2.43. The van der Waals surface area contributed by atoms with Crippen LogP contribution in [0.4, 0.5) is 0 Å². The summed E-state index contributed by atoms with van der Waals surface area (Å²) >= 11 is 0. The van der Waals surface area contributed by atoms with E-state index in [4.69, 9.17) is 14.2 Å². The molecular weight excluding hydrogens is 266 g/mol. The molecule has 4 nitrogen and oxygen atoms in total. The third kappa shape index (κ3) is 3.50. The Balaban J connectivity index is 2.21. The number of methoxy groups -OCH3 is 3. The molecule has 0 radical (unpaired) electrons. The van der Waals surface area contributed by atoms with E-state index in [-0.39, 0.29) is 11.6 Å². The van der Waals surface area contributed by atoms with E-state index in [9.17, 15) is 0 Å². The number of nitrogens with one attached hydrogen (secondary N) is 1. The number of hydrogen-bond acceptors (Lipinski definition) is 4. The Kier molecular flexibility index (Phi) is 5.48. The average Bonchev–Trinajstić information content (AvgIpc) is 2.49. The zero-order chi connectivity index (χ0) is 15.3. The Morgan fingerprint density at radius 3 is 2.33 bits per heavy atom. The van der Waals surface area contributed by atoms with Gasteiger partial charge in [-0.05, 0) is 49.9 Å². The molecule has 1 N–H and O–H groups in total. The van der Waals surface area contributed by atoms with Gasteiger partial charge in [-0.1, -0.05) is 13.0 Å². The van der Waals surface area contributed by atoms with Gasteiger partial charge >= 0.3 is 0 Å². The Morgan fingerprint density at radius 1 is 1.14 bits per heavy atom. The molecule has 0 saturated heterocycles. The lowest BCUT2D eigenvalue weighted by atomic mass is 9.74. The van der Waals surface area contributed by atoms with Gasteiger partial charge in [-0.15, -0.1) is 0 Å². The minimum Gasteiger partial charge on any atom is -0.493 e. The molecule has 1 aliphatic rings. The second kappa shape index (κ2) is 7.14. The maximum atomic E-state index is 5.78. The van der Waals surface area contributed by atoms with E-state index < -0.39 is 0 Å². The van der Waals surface area contributed by atoms with Crippen molar-refractivity contribution in [2.45, 2.75) is 44.2 Å². The van der Waals surface area contributed by atoms with Gasteiger partial charge in [0.1, 0.15) is 0 Å². The maximum Gasteiger partial charge on any atom is 0.161 e. The van der Waals surface area contributed by atoms with E-state index in [1.807, 2.05) is 13.2 Å². The van der Waals surface area contributed by atoms with Gasteiger partial charge in [0.15, 0.2) is 11.5 Å². The van der Waals surface area contributed by atoms with Crippen molar-refractivity contribution in [3.8, 4) is 11.5 Å². The van der Waals surface area contributed by atoms with Gasteiger partial charge in [0, 0.05) is 13.2 Å². The summed E-state index contributed by atoms with van der Waals surface area (Å²) < 4.78 is 16.5. The highest BCUT2D eigenvalue weighted by Gasteiger charge is 2.39. The van der Waals surface area contributed by atoms with Gasteiger partial charge in [0.05, 0.1) is 19.8 Å². The number of rotatable bonds is 8. The summed E-state index contributed by atoms with van der Waals surface area (Å²) in [4.78, 5) is 0. The van der Waals surface area contributed by atoms with Crippen molar-refractivity contribution in [3.63, 3.8) is 0 Å². The average molecular weight is 293 g/mol. The van der Waals surface area contributed by atoms with Crippen LogP contribution in [-0.2, 0) is 4.74 Å². The largest absolute Gasteiger partial charge is 0.493 e. The molecule has 4 heteroatoms. The standard InChI is InChI=1S/C17H27NO3/c1-5-18-14(12-17(21-4)9-6-10-17)13-7-8-15(19-2)16(11-13)20-3/h7-8,11,14,18H,5-6,9-10,12H2,1-4H3. The number of hydrogen-bond donors (Lipinski definition) is 1. The fraction of sp³-hybridized carbons (Fsp3) is 0.647. The van der Waals surface area contributed by atoms with Crippen LogP contribution in [0, 0.1) is 0 Å². The summed E-state index contributed by atoms with van der Waals surface area (Å²) in [5.41, 5.74) is 1.26. The predicted octanol–water partition coefficient (Wildman–Crippen LogP) is 3.31. The fourth-order valence-corrected chi connectivity index (χ4v) is 3.06. The smallest absolute Gasteiger partial charge is 0.161 e. The molecule has 0 amide bonds. The third-order valence-corrected chi connectivity index (χ3v) is 4.53. The van der Waals surface area contributed by atoms with Crippen LogP contribution in [0.15, 0.2) is 18.2 Å². The van der Waals surface area contributed by atoms with Crippen LogP contribution >= 0.6 is 0 Å². The molecule has 0 spiro atoms. The molecule has 0 heterocycles. The van der Waals surface area contributed by atoms with Gasteiger partial charge in [-0.3, -0.25) is 0 Å². The minimum absolute atomic E-state index is 0.0417. The highest BCUT2D eigenvalue weighted by molar-refractivity contribution is 5.43. The Labute approximate surface area is 127 Å². The lowest BCUT2D eigenvalue weighted by molar-refractivity contribution is -0.0837. The molecule has 1 unspecified atom stereocenters. The van der Waals surface area contributed by atoms with E-state index in [0.717, 1.165) is 37.3 Å². The van der Waals surface area contributed by atoms with Crippen LogP contribution < -0.4 is 14.8 Å². The van der Waals surface area contributed by atoms with Gasteiger partial charge in [-0.25, -0.2) is 0 Å². The SMILES string of the molecule is CCNC(CC1(OC)CCC1)c1ccc(OC)c(OC)c1. The number of ether oxygens (including phenoxy) is 3. The Morgan fingerprint density at radius 2 is 1.86 bits per heavy atom. The van der Waals surface area contributed by atoms with Crippen molar-refractivity contribution in [3.05, 3.63) is 23.8 Å². The first kappa shape index (κ1) is 16.1. The predicted molar refractivity (Wildman–Crippen MR) is 84.2 cm³/mol. The van der Waals surface area contributed by atoms with Crippen LogP contribution in [0.3, 0.4) is 0 Å². The molecule has 1 aromatic carbocycles. The molecule has 1 aromatic rings. The maximum absolute atomic E-state index is 5.78. The first-order valence-electron chi connectivity index (χ1n) is 7.68.